The summed E-state index contributed by atoms with van der Waals surface area (Å²) in [7, 11) is 1.46. The van der Waals surface area contributed by atoms with Crippen LogP contribution in [0.5, 0.6) is 0 Å². The van der Waals surface area contributed by atoms with Crippen LogP contribution in [0.25, 0.3) is 0 Å². The lowest BCUT2D eigenvalue weighted by Crippen LogP contribution is -2.52. The highest BCUT2D eigenvalue weighted by atomic mass is 16.2. The number of amides is 2. The topological polar surface area (TPSA) is 83.7 Å². The summed E-state index contributed by atoms with van der Waals surface area (Å²) in [5, 5.41) is 0. The second kappa shape index (κ2) is 5.19. The van der Waals surface area contributed by atoms with Gasteiger partial charge in [0.25, 0.3) is 0 Å². The van der Waals surface area contributed by atoms with Crippen LogP contribution in [0.2, 0.25) is 0 Å². The quantitative estimate of drug-likeness (QED) is 0.593. The Morgan fingerprint density at radius 3 is 2.37 bits per heavy atom. The van der Waals surface area contributed by atoms with E-state index < -0.39 is 0 Å². The van der Waals surface area contributed by atoms with Gasteiger partial charge in [-0.05, 0) is 12.1 Å². The molecule has 0 radical (unpaired) electrons. The standard InChI is InChI=1S/C13H15N3O3/c1-15-12(18)7-16(8-13(15)19)10-5-3-2-4-9(10)11(17)6-14/h2-5H,6-8,14H2,1H3. The van der Waals surface area contributed by atoms with Crippen molar-refractivity contribution in [1.29, 1.82) is 0 Å². The van der Waals surface area contributed by atoms with Crippen molar-refractivity contribution in [1.82, 2.24) is 4.90 Å². The zero-order valence-electron chi connectivity index (χ0n) is 10.6. The van der Waals surface area contributed by atoms with Crippen molar-refractivity contribution in [3.8, 4) is 0 Å². The molecule has 6 heteroatoms. The van der Waals surface area contributed by atoms with E-state index in [2.05, 4.69) is 0 Å². The van der Waals surface area contributed by atoms with Crippen LogP contribution in [0.1, 0.15) is 10.4 Å². The fraction of sp³-hybridized carbons (Fsp3) is 0.308. The Bertz CT molecular complexity index is 524. The molecule has 2 amide bonds. The first-order valence-electron chi connectivity index (χ1n) is 5.91. The molecule has 0 saturated carbocycles. The fourth-order valence-corrected chi connectivity index (χ4v) is 2.00. The van der Waals surface area contributed by atoms with Gasteiger partial charge in [-0.1, -0.05) is 12.1 Å². The first-order chi connectivity index (χ1) is 9.04. The number of anilines is 1. The smallest absolute Gasteiger partial charge is 0.248 e. The lowest BCUT2D eigenvalue weighted by molar-refractivity contribution is -0.143. The van der Waals surface area contributed by atoms with Gasteiger partial charge in [0.05, 0.1) is 19.6 Å². The van der Waals surface area contributed by atoms with Crippen LogP contribution in [0.4, 0.5) is 5.69 Å². The zero-order valence-corrected chi connectivity index (χ0v) is 10.6. The number of para-hydroxylation sites is 1. The summed E-state index contributed by atoms with van der Waals surface area (Å²) in [5.41, 5.74) is 6.39. The van der Waals surface area contributed by atoms with Gasteiger partial charge in [0.2, 0.25) is 11.8 Å². The third-order valence-electron chi connectivity index (χ3n) is 3.13. The molecule has 6 nitrogen and oxygen atoms in total. The Hall–Kier alpha value is -2.21. The van der Waals surface area contributed by atoms with E-state index in [-0.39, 0.29) is 37.2 Å². The average molecular weight is 261 g/mol. The number of nitrogens with zero attached hydrogens (tertiary/aromatic N) is 2. The molecular weight excluding hydrogens is 246 g/mol. The molecular formula is C13H15N3O3. The van der Waals surface area contributed by atoms with Crippen molar-refractivity contribution in [2.75, 3.05) is 31.6 Å². The highest BCUT2D eigenvalue weighted by Crippen LogP contribution is 2.22. The van der Waals surface area contributed by atoms with Crippen LogP contribution >= 0.6 is 0 Å². The van der Waals surface area contributed by atoms with Gasteiger partial charge in [-0.3, -0.25) is 19.3 Å². The predicted molar refractivity (Wildman–Crippen MR) is 69.8 cm³/mol. The van der Waals surface area contributed by atoms with E-state index in [0.717, 1.165) is 4.90 Å². The van der Waals surface area contributed by atoms with Crippen molar-refractivity contribution in [3.05, 3.63) is 29.8 Å². The van der Waals surface area contributed by atoms with E-state index in [0.29, 0.717) is 11.3 Å². The average Bonchev–Trinajstić information content (AvgIpc) is 2.43. The Labute approximate surface area is 110 Å². The van der Waals surface area contributed by atoms with Crippen LogP contribution in [0.3, 0.4) is 0 Å². The SMILES string of the molecule is CN1C(=O)CN(c2ccccc2C(=O)CN)CC1=O. The molecule has 100 valence electrons. The summed E-state index contributed by atoms with van der Waals surface area (Å²) < 4.78 is 0. The number of rotatable bonds is 3. The second-order valence-electron chi connectivity index (χ2n) is 4.35. The highest BCUT2D eigenvalue weighted by Gasteiger charge is 2.29. The van der Waals surface area contributed by atoms with E-state index in [1.165, 1.54) is 7.05 Å². The number of imide groups is 1. The molecule has 1 heterocycles. The summed E-state index contributed by atoms with van der Waals surface area (Å²) in [6.45, 7) is 0.0564. The molecule has 1 aromatic rings. The number of hydrogen-bond donors (Lipinski definition) is 1. The van der Waals surface area contributed by atoms with Crippen molar-refractivity contribution in [2.45, 2.75) is 0 Å². The van der Waals surface area contributed by atoms with Crippen LogP contribution in [0, 0.1) is 0 Å². The minimum atomic E-state index is -0.286. The van der Waals surface area contributed by atoms with Crippen LogP contribution in [-0.4, -0.2) is 49.2 Å². The molecule has 19 heavy (non-hydrogen) atoms. The fourth-order valence-electron chi connectivity index (χ4n) is 2.00. The van der Waals surface area contributed by atoms with Crippen molar-refractivity contribution < 1.29 is 14.4 Å². The summed E-state index contributed by atoms with van der Waals surface area (Å²) in [4.78, 5) is 37.9. The first kappa shape index (κ1) is 13.2. The minimum absolute atomic E-state index is 0.0805. The van der Waals surface area contributed by atoms with E-state index in [1.54, 1.807) is 29.2 Å². The molecule has 0 aromatic heterocycles. The molecule has 0 atom stereocenters. The molecule has 0 aliphatic carbocycles. The van der Waals surface area contributed by atoms with Gasteiger partial charge in [-0.15, -0.1) is 0 Å². The lowest BCUT2D eigenvalue weighted by Gasteiger charge is -2.32. The van der Waals surface area contributed by atoms with Crippen LogP contribution in [0.15, 0.2) is 24.3 Å². The molecule has 2 rings (SSSR count). The summed E-state index contributed by atoms with van der Waals surface area (Å²) in [6, 6.07) is 6.86. The number of benzene rings is 1. The van der Waals surface area contributed by atoms with E-state index in [4.69, 9.17) is 5.73 Å². The Kier molecular flexibility index (Phi) is 3.62. The number of carbonyl (C=O) groups is 3. The lowest BCUT2D eigenvalue weighted by atomic mass is 10.1. The Morgan fingerprint density at radius 1 is 1.21 bits per heavy atom. The van der Waals surface area contributed by atoms with Gasteiger partial charge in [-0.25, -0.2) is 0 Å². The number of piperazine rings is 1. The predicted octanol–water partition coefficient (Wildman–Crippen LogP) is -0.367. The van der Waals surface area contributed by atoms with Crippen molar-refractivity contribution in [2.24, 2.45) is 5.73 Å². The number of nitrogens with two attached hydrogens (primary N) is 1. The van der Waals surface area contributed by atoms with Crippen molar-refractivity contribution >= 4 is 23.3 Å². The third-order valence-corrected chi connectivity index (χ3v) is 3.13. The molecule has 1 fully saturated rings. The van der Waals surface area contributed by atoms with Gasteiger partial charge in [0, 0.05) is 18.3 Å². The number of likely N-dealkylation sites (N-methyl/N-ethyl adjacent to an activating group) is 1. The maximum atomic E-state index is 11.8. The monoisotopic (exact) mass is 261 g/mol. The van der Waals surface area contributed by atoms with Crippen LogP contribution in [-0.2, 0) is 9.59 Å². The van der Waals surface area contributed by atoms with Gasteiger partial charge in [0.15, 0.2) is 5.78 Å². The number of Topliss-reactive ketones (excluding diaryl/α,β-unsaturated/α-hetero) is 1. The minimum Gasteiger partial charge on any atom is -0.352 e. The summed E-state index contributed by atoms with van der Waals surface area (Å²) >= 11 is 0. The maximum Gasteiger partial charge on any atom is 0.248 e. The first-order valence-corrected chi connectivity index (χ1v) is 5.91. The zero-order chi connectivity index (χ0) is 14.0. The summed E-state index contributed by atoms with van der Waals surface area (Å²) in [5.74, 6) is -0.785. The van der Waals surface area contributed by atoms with Crippen LogP contribution < -0.4 is 10.6 Å². The normalized spacial score (nSPS) is 15.9. The maximum absolute atomic E-state index is 11.8. The number of carbonyl (C=O) groups excluding carboxylic acids is 3. The largest absolute Gasteiger partial charge is 0.352 e. The molecule has 1 aromatic carbocycles. The van der Waals surface area contributed by atoms with Gasteiger partial charge < -0.3 is 10.6 Å². The molecule has 2 N–H and O–H groups in total. The van der Waals surface area contributed by atoms with E-state index >= 15 is 0 Å². The van der Waals surface area contributed by atoms with Gasteiger partial charge >= 0.3 is 0 Å². The molecule has 1 aliphatic heterocycles. The third kappa shape index (κ3) is 2.48. The number of ketones is 1. The van der Waals surface area contributed by atoms with Crippen molar-refractivity contribution in [3.63, 3.8) is 0 Å². The molecule has 0 unspecified atom stereocenters. The molecule has 1 saturated heterocycles. The highest BCUT2D eigenvalue weighted by molar-refractivity contribution is 6.06. The van der Waals surface area contributed by atoms with Gasteiger partial charge in [0.1, 0.15) is 0 Å². The Balaban J connectivity index is 2.35. The van der Waals surface area contributed by atoms with E-state index in [1.807, 2.05) is 0 Å². The Morgan fingerprint density at radius 2 is 1.79 bits per heavy atom. The summed E-state index contributed by atoms with van der Waals surface area (Å²) in [6.07, 6.45) is 0. The van der Waals surface area contributed by atoms with Gasteiger partial charge in [-0.2, -0.15) is 0 Å². The van der Waals surface area contributed by atoms with E-state index in [9.17, 15) is 14.4 Å². The number of hydrogen-bond acceptors (Lipinski definition) is 5. The second-order valence-corrected chi connectivity index (χ2v) is 4.35. The molecule has 0 spiro atoms. The molecule has 0 bridgehead atoms. The molecule has 1 aliphatic rings.